The number of ether oxygens (including phenoxy) is 1. The lowest BCUT2D eigenvalue weighted by Gasteiger charge is -2.22. The van der Waals surface area contributed by atoms with Gasteiger partial charge in [-0.2, -0.15) is 0 Å². The quantitative estimate of drug-likeness (QED) is 0.751. The SMILES string of the molecule is CCC(CNC(=O)OC(C)(C)C)NCC1CC1. The molecule has 1 unspecified atom stereocenters. The van der Waals surface area contributed by atoms with Crippen molar-refractivity contribution in [3.8, 4) is 0 Å². The van der Waals surface area contributed by atoms with Crippen LogP contribution in [0.1, 0.15) is 47.0 Å². The molecule has 2 N–H and O–H groups in total. The topological polar surface area (TPSA) is 50.4 Å². The number of carbonyl (C=O) groups excluding carboxylic acids is 1. The molecule has 0 aromatic heterocycles. The summed E-state index contributed by atoms with van der Waals surface area (Å²) < 4.78 is 5.19. The lowest BCUT2D eigenvalue weighted by molar-refractivity contribution is 0.0522. The highest BCUT2D eigenvalue weighted by Gasteiger charge is 2.22. The zero-order valence-corrected chi connectivity index (χ0v) is 11.5. The summed E-state index contributed by atoms with van der Waals surface area (Å²) in [5.41, 5.74) is -0.423. The molecule has 0 bridgehead atoms. The van der Waals surface area contributed by atoms with Gasteiger partial charge in [0.2, 0.25) is 0 Å². The first kappa shape index (κ1) is 14.3. The van der Waals surface area contributed by atoms with E-state index in [0.717, 1.165) is 18.9 Å². The van der Waals surface area contributed by atoms with E-state index in [4.69, 9.17) is 4.74 Å². The first-order valence-electron chi connectivity index (χ1n) is 6.61. The second-order valence-electron chi connectivity index (χ2n) is 5.84. The van der Waals surface area contributed by atoms with Crippen molar-refractivity contribution < 1.29 is 9.53 Å². The zero-order valence-electron chi connectivity index (χ0n) is 11.5. The van der Waals surface area contributed by atoms with Gasteiger partial charge < -0.3 is 15.4 Å². The second kappa shape index (κ2) is 6.24. The molecule has 1 amide bonds. The fraction of sp³-hybridized carbons (Fsp3) is 0.923. The third-order valence-electron chi connectivity index (χ3n) is 2.78. The highest BCUT2D eigenvalue weighted by molar-refractivity contribution is 5.67. The van der Waals surface area contributed by atoms with Crippen molar-refractivity contribution in [2.75, 3.05) is 13.1 Å². The van der Waals surface area contributed by atoms with Crippen LogP contribution in [-0.2, 0) is 4.74 Å². The molecule has 1 saturated carbocycles. The summed E-state index contributed by atoms with van der Waals surface area (Å²) in [5, 5.41) is 6.29. The predicted octanol–water partition coefficient (Wildman–Crippen LogP) is 2.29. The van der Waals surface area contributed by atoms with E-state index in [9.17, 15) is 4.79 Å². The molecule has 0 aliphatic heterocycles. The minimum absolute atomic E-state index is 0.329. The summed E-state index contributed by atoms with van der Waals surface area (Å²) in [6.45, 7) is 9.45. The molecule has 1 fully saturated rings. The number of nitrogens with one attached hydrogen (secondary N) is 2. The number of alkyl carbamates (subject to hydrolysis) is 1. The van der Waals surface area contributed by atoms with Crippen molar-refractivity contribution in [2.45, 2.75) is 58.6 Å². The monoisotopic (exact) mass is 242 g/mol. The van der Waals surface area contributed by atoms with Crippen molar-refractivity contribution in [3.05, 3.63) is 0 Å². The fourth-order valence-corrected chi connectivity index (χ4v) is 1.54. The Labute approximate surface area is 104 Å². The maximum absolute atomic E-state index is 11.5. The summed E-state index contributed by atoms with van der Waals surface area (Å²) in [6, 6.07) is 0.350. The van der Waals surface area contributed by atoms with Gasteiger partial charge in [-0.3, -0.25) is 0 Å². The Hall–Kier alpha value is -0.770. The van der Waals surface area contributed by atoms with Crippen molar-refractivity contribution in [2.24, 2.45) is 5.92 Å². The van der Waals surface area contributed by atoms with Crippen LogP contribution < -0.4 is 10.6 Å². The third-order valence-corrected chi connectivity index (χ3v) is 2.78. The summed E-state index contributed by atoms with van der Waals surface area (Å²) in [6.07, 6.45) is 3.39. The summed E-state index contributed by atoms with van der Waals surface area (Å²) in [5.74, 6) is 0.866. The molecule has 0 spiro atoms. The van der Waals surface area contributed by atoms with Gasteiger partial charge in [0.05, 0.1) is 0 Å². The molecule has 0 heterocycles. The van der Waals surface area contributed by atoms with E-state index < -0.39 is 5.60 Å². The summed E-state index contributed by atoms with van der Waals surface area (Å²) in [7, 11) is 0. The third kappa shape index (κ3) is 7.21. The average Bonchev–Trinajstić information content (AvgIpc) is 2.99. The van der Waals surface area contributed by atoms with Crippen molar-refractivity contribution >= 4 is 6.09 Å². The Morgan fingerprint density at radius 1 is 1.41 bits per heavy atom. The molecule has 1 aliphatic carbocycles. The van der Waals surface area contributed by atoms with E-state index in [-0.39, 0.29) is 6.09 Å². The zero-order chi connectivity index (χ0) is 12.9. The van der Waals surface area contributed by atoms with Gasteiger partial charge >= 0.3 is 6.09 Å². The Kier molecular flexibility index (Phi) is 5.25. The maximum Gasteiger partial charge on any atom is 0.407 e. The highest BCUT2D eigenvalue weighted by Crippen LogP contribution is 2.27. The molecule has 0 aromatic carbocycles. The van der Waals surface area contributed by atoms with Crippen LogP contribution in [0.2, 0.25) is 0 Å². The molecular weight excluding hydrogens is 216 g/mol. The predicted molar refractivity (Wildman–Crippen MR) is 69.0 cm³/mol. The van der Waals surface area contributed by atoms with Crippen molar-refractivity contribution in [3.63, 3.8) is 0 Å². The standard InChI is InChI=1S/C13H26N2O2/c1-5-11(14-8-10-6-7-10)9-15-12(16)17-13(2,3)4/h10-11,14H,5-9H2,1-4H3,(H,15,16). The van der Waals surface area contributed by atoms with Crippen LogP contribution >= 0.6 is 0 Å². The van der Waals surface area contributed by atoms with Gasteiger partial charge in [0.15, 0.2) is 0 Å². The molecule has 0 saturated heterocycles. The molecular formula is C13H26N2O2. The van der Waals surface area contributed by atoms with Gasteiger partial charge in [-0.15, -0.1) is 0 Å². The van der Waals surface area contributed by atoms with Gasteiger partial charge in [-0.05, 0) is 52.5 Å². The Morgan fingerprint density at radius 3 is 2.53 bits per heavy atom. The lowest BCUT2D eigenvalue weighted by Crippen LogP contribution is -2.43. The van der Waals surface area contributed by atoms with Crippen LogP contribution in [0, 0.1) is 5.92 Å². The molecule has 1 aliphatic rings. The molecule has 4 heteroatoms. The van der Waals surface area contributed by atoms with E-state index in [2.05, 4.69) is 17.6 Å². The van der Waals surface area contributed by atoms with Gasteiger partial charge in [-0.25, -0.2) is 4.79 Å². The minimum Gasteiger partial charge on any atom is -0.444 e. The average molecular weight is 242 g/mol. The van der Waals surface area contributed by atoms with Crippen molar-refractivity contribution in [1.82, 2.24) is 10.6 Å². The first-order chi connectivity index (χ1) is 7.90. The normalized spacial score (nSPS) is 17.6. The van der Waals surface area contributed by atoms with Crippen LogP contribution in [-0.4, -0.2) is 30.8 Å². The van der Waals surface area contributed by atoms with Gasteiger partial charge in [0.1, 0.15) is 5.60 Å². The van der Waals surface area contributed by atoms with Crippen LogP contribution in [0.15, 0.2) is 0 Å². The van der Waals surface area contributed by atoms with E-state index in [1.165, 1.54) is 12.8 Å². The van der Waals surface area contributed by atoms with Gasteiger partial charge in [-0.1, -0.05) is 6.92 Å². The van der Waals surface area contributed by atoms with E-state index >= 15 is 0 Å². The number of carbonyl (C=O) groups is 1. The molecule has 4 nitrogen and oxygen atoms in total. The van der Waals surface area contributed by atoms with Crippen LogP contribution in [0.4, 0.5) is 4.79 Å². The number of hydrogen-bond donors (Lipinski definition) is 2. The molecule has 100 valence electrons. The van der Waals surface area contributed by atoms with Crippen LogP contribution in [0.5, 0.6) is 0 Å². The second-order valence-corrected chi connectivity index (χ2v) is 5.84. The van der Waals surface area contributed by atoms with E-state index in [1.807, 2.05) is 20.8 Å². The Morgan fingerprint density at radius 2 is 2.06 bits per heavy atom. The summed E-state index contributed by atoms with van der Waals surface area (Å²) in [4.78, 5) is 11.5. The molecule has 1 rings (SSSR count). The van der Waals surface area contributed by atoms with Gasteiger partial charge in [0, 0.05) is 12.6 Å². The fourth-order valence-electron chi connectivity index (χ4n) is 1.54. The number of amides is 1. The van der Waals surface area contributed by atoms with Crippen LogP contribution in [0.3, 0.4) is 0 Å². The first-order valence-corrected chi connectivity index (χ1v) is 6.61. The van der Waals surface area contributed by atoms with Gasteiger partial charge in [0.25, 0.3) is 0 Å². The molecule has 1 atom stereocenters. The van der Waals surface area contributed by atoms with Crippen molar-refractivity contribution in [1.29, 1.82) is 0 Å². The Balaban J connectivity index is 2.14. The highest BCUT2D eigenvalue weighted by atomic mass is 16.6. The largest absolute Gasteiger partial charge is 0.444 e. The molecule has 0 aromatic rings. The molecule has 17 heavy (non-hydrogen) atoms. The number of hydrogen-bond acceptors (Lipinski definition) is 3. The van der Waals surface area contributed by atoms with E-state index in [1.54, 1.807) is 0 Å². The Bertz CT molecular complexity index is 244. The molecule has 0 radical (unpaired) electrons. The maximum atomic E-state index is 11.5. The summed E-state index contributed by atoms with van der Waals surface area (Å²) >= 11 is 0. The smallest absolute Gasteiger partial charge is 0.407 e. The van der Waals surface area contributed by atoms with E-state index in [0.29, 0.717) is 12.6 Å². The lowest BCUT2D eigenvalue weighted by atomic mass is 10.2. The van der Waals surface area contributed by atoms with Crippen LogP contribution in [0.25, 0.3) is 0 Å². The minimum atomic E-state index is -0.423. The number of rotatable bonds is 6.